The standard InChI is InChI=1S/C22H21FN4O2S/c1-3-4-13-30-22-24-20-19(25-26-22)17-7-5-6-8-18(17)27(14(2)28)21(29-20)15-9-11-16(23)12-10-15/h5-12,21H,3-4,13H2,1-2H3/t21-/m1/s1. The van der Waals surface area contributed by atoms with E-state index in [1.165, 1.54) is 35.7 Å². The predicted molar refractivity (Wildman–Crippen MR) is 114 cm³/mol. The van der Waals surface area contributed by atoms with Crippen molar-refractivity contribution >= 4 is 23.4 Å². The van der Waals surface area contributed by atoms with Gasteiger partial charge in [0.1, 0.15) is 5.82 Å². The molecule has 0 N–H and O–H groups in total. The molecule has 0 saturated carbocycles. The van der Waals surface area contributed by atoms with Crippen LogP contribution in [0.3, 0.4) is 0 Å². The first kappa shape index (κ1) is 20.3. The van der Waals surface area contributed by atoms with Crippen LogP contribution >= 0.6 is 11.8 Å². The lowest BCUT2D eigenvalue weighted by Crippen LogP contribution is -2.36. The van der Waals surface area contributed by atoms with Crippen molar-refractivity contribution in [2.45, 2.75) is 38.1 Å². The summed E-state index contributed by atoms with van der Waals surface area (Å²) < 4.78 is 19.8. The Hall–Kier alpha value is -3.00. The Kier molecular flexibility index (Phi) is 5.94. The van der Waals surface area contributed by atoms with Gasteiger partial charge in [0.15, 0.2) is 5.69 Å². The van der Waals surface area contributed by atoms with E-state index >= 15 is 0 Å². The summed E-state index contributed by atoms with van der Waals surface area (Å²) >= 11 is 1.52. The van der Waals surface area contributed by atoms with Crippen molar-refractivity contribution in [2.24, 2.45) is 0 Å². The number of nitrogens with zero attached hydrogens (tertiary/aromatic N) is 4. The number of anilines is 1. The fourth-order valence-corrected chi connectivity index (χ4v) is 4.13. The van der Waals surface area contributed by atoms with Crippen LogP contribution in [0, 0.1) is 5.82 Å². The second-order valence-corrected chi connectivity index (χ2v) is 7.94. The number of carbonyl (C=O) groups is 1. The van der Waals surface area contributed by atoms with Gasteiger partial charge < -0.3 is 4.74 Å². The molecule has 8 heteroatoms. The van der Waals surface area contributed by atoms with E-state index < -0.39 is 6.23 Å². The molecule has 1 amide bonds. The number of unbranched alkanes of at least 4 members (excludes halogenated alkanes) is 1. The van der Waals surface area contributed by atoms with E-state index in [4.69, 9.17) is 4.74 Å². The molecule has 0 saturated heterocycles. The molecular weight excluding hydrogens is 403 g/mol. The van der Waals surface area contributed by atoms with Gasteiger partial charge in [0.25, 0.3) is 0 Å². The third-order valence-electron chi connectivity index (χ3n) is 4.74. The lowest BCUT2D eigenvalue weighted by atomic mass is 10.1. The van der Waals surface area contributed by atoms with Crippen molar-refractivity contribution in [3.05, 3.63) is 59.9 Å². The summed E-state index contributed by atoms with van der Waals surface area (Å²) in [5.41, 5.74) is 2.45. The van der Waals surface area contributed by atoms with Crippen molar-refractivity contribution in [1.82, 2.24) is 15.2 Å². The summed E-state index contributed by atoms with van der Waals surface area (Å²) in [6.45, 7) is 3.60. The number of carbonyl (C=O) groups excluding carboxylic acids is 1. The van der Waals surface area contributed by atoms with E-state index in [1.54, 1.807) is 12.1 Å². The molecule has 30 heavy (non-hydrogen) atoms. The van der Waals surface area contributed by atoms with E-state index in [9.17, 15) is 9.18 Å². The van der Waals surface area contributed by atoms with Crippen molar-refractivity contribution in [3.63, 3.8) is 0 Å². The number of aromatic nitrogens is 3. The Bertz CT molecular complexity index is 1060. The highest BCUT2D eigenvalue weighted by Crippen LogP contribution is 2.43. The minimum atomic E-state index is -0.810. The highest BCUT2D eigenvalue weighted by atomic mass is 32.2. The maximum atomic E-state index is 13.5. The molecule has 0 unspecified atom stereocenters. The Balaban J connectivity index is 1.84. The quantitative estimate of drug-likeness (QED) is 0.423. The molecule has 2 aromatic carbocycles. The van der Waals surface area contributed by atoms with Gasteiger partial charge in [0.05, 0.1) is 5.69 Å². The molecule has 3 aromatic rings. The first-order valence-corrected chi connectivity index (χ1v) is 10.8. The van der Waals surface area contributed by atoms with E-state index in [1.807, 2.05) is 24.3 Å². The van der Waals surface area contributed by atoms with Crippen LogP contribution in [0.1, 0.15) is 38.5 Å². The van der Waals surface area contributed by atoms with Crippen LogP contribution in [0.2, 0.25) is 0 Å². The van der Waals surface area contributed by atoms with E-state index in [0.29, 0.717) is 33.5 Å². The second-order valence-electron chi connectivity index (χ2n) is 6.88. The molecule has 6 nitrogen and oxygen atoms in total. The lowest BCUT2D eigenvalue weighted by molar-refractivity contribution is -0.118. The maximum absolute atomic E-state index is 13.5. The molecule has 2 heterocycles. The van der Waals surface area contributed by atoms with Crippen LogP contribution in [0.15, 0.2) is 53.7 Å². The van der Waals surface area contributed by atoms with Gasteiger partial charge in [-0.2, -0.15) is 4.98 Å². The largest absolute Gasteiger partial charge is 0.447 e. The Morgan fingerprint density at radius 2 is 1.93 bits per heavy atom. The third-order valence-corrected chi connectivity index (χ3v) is 5.66. The lowest BCUT2D eigenvalue weighted by Gasteiger charge is -2.29. The number of thioether (sulfide) groups is 1. The summed E-state index contributed by atoms with van der Waals surface area (Å²) in [7, 11) is 0. The summed E-state index contributed by atoms with van der Waals surface area (Å²) in [6, 6.07) is 13.3. The number of fused-ring (bicyclic) bond motifs is 3. The molecule has 154 valence electrons. The van der Waals surface area contributed by atoms with Crippen LogP contribution in [-0.2, 0) is 4.79 Å². The summed E-state index contributed by atoms with van der Waals surface area (Å²) in [6.07, 6.45) is 1.32. The highest BCUT2D eigenvalue weighted by Gasteiger charge is 2.34. The number of para-hydroxylation sites is 1. The molecule has 1 aliphatic rings. The molecular formula is C22H21FN4O2S. The van der Waals surface area contributed by atoms with Gasteiger partial charge >= 0.3 is 0 Å². The molecule has 1 atom stereocenters. The molecule has 4 rings (SSSR count). The fraction of sp³-hybridized carbons (Fsp3) is 0.273. The van der Waals surface area contributed by atoms with Crippen LogP contribution in [-0.4, -0.2) is 26.8 Å². The normalized spacial score (nSPS) is 15.0. The van der Waals surface area contributed by atoms with Gasteiger partial charge in [-0.15, -0.1) is 10.2 Å². The summed E-state index contributed by atoms with van der Waals surface area (Å²) in [5.74, 6) is 0.611. The van der Waals surface area contributed by atoms with Crippen LogP contribution in [0.25, 0.3) is 11.3 Å². The fourth-order valence-electron chi connectivity index (χ4n) is 3.27. The highest BCUT2D eigenvalue weighted by molar-refractivity contribution is 7.99. The first-order chi connectivity index (χ1) is 14.6. The molecule has 0 spiro atoms. The van der Waals surface area contributed by atoms with Crippen molar-refractivity contribution < 1.29 is 13.9 Å². The second kappa shape index (κ2) is 8.79. The Morgan fingerprint density at radius 3 is 2.67 bits per heavy atom. The van der Waals surface area contributed by atoms with Gasteiger partial charge in [-0.05, 0) is 24.6 Å². The number of benzene rings is 2. The smallest absolute Gasteiger partial charge is 0.247 e. The maximum Gasteiger partial charge on any atom is 0.247 e. The van der Waals surface area contributed by atoms with Crippen molar-refractivity contribution in [2.75, 3.05) is 10.7 Å². The van der Waals surface area contributed by atoms with Gasteiger partial charge in [0.2, 0.25) is 23.2 Å². The SMILES string of the molecule is CCCCSc1nnc2c(n1)O[C@H](c1ccc(F)cc1)N(C(C)=O)c1ccccc1-2. The van der Waals surface area contributed by atoms with Crippen molar-refractivity contribution in [3.8, 4) is 17.1 Å². The molecule has 0 bridgehead atoms. The molecule has 1 aromatic heterocycles. The number of hydrogen-bond donors (Lipinski definition) is 0. The Labute approximate surface area is 178 Å². The molecule has 0 radical (unpaired) electrons. The number of rotatable bonds is 5. The number of halogens is 1. The van der Waals surface area contributed by atoms with E-state index in [-0.39, 0.29) is 11.7 Å². The van der Waals surface area contributed by atoms with E-state index in [0.717, 1.165) is 18.6 Å². The summed E-state index contributed by atoms with van der Waals surface area (Å²) in [4.78, 5) is 18.8. The molecule has 1 aliphatic heterocycles. The zero-order valence-corrected chi connectivity index (χ0v) is 17.5. The average Bonchev–Trinajstić information content (AvgIpc) is 2.89. The van der Waals surface area contributed by atoms with Crippen LogP contribution in [0.5, 0.6) is 5.88 Å². The summed E-state index contributed by atoms with van der Waals surface area (Å²) in [5, 5.41) is 9.15. The minimum Gasteiger partial charge on any atom is -0.447 e. The zero-order valence-electron chi connectivity index (χ0n) is 16.7. The number of hydrogen-bond acceptors (Lipinski definition) is 6. The van der Waals surface area contributed by atoms with Gasteiger partial charge in [-0.1, -0.05) is 55.4 Å². The average molecular weight is 425 g/mol. The van der Waals surface area contributed by atoms with Gasteiger partial charge in [-0.3, -0.25) is 9.69 Å². The van der Waals surface area contributed by atoms with Crippen LogP contribution < -0.4 is 9.64 Å². The molecule has 0 aliphatic carbocycles. The molecule has 0 fully saturated rings. The van der Waals surface area contributed by atoms with Crippen molar-refractivity contribution in [1.29, 1.82) is 0 Å². The monoisotopic (exact) mass is 424 g/mol. The topological polar surface area (TPSA) is 68.2 Å². The van der Waals surface area contributed by atoms with Gasteiger partial charge in [-0.25, -0.2) is 4.39 Å². The number of ether oxygens (including phenoxy) is 1. The minimum absolute atomic E-state index is 0.213. The van der Waals surface area contributed by atoms with Gasteiger partial charge in [0, 0.05) is 23.8 Å². The third kappa shape index (κ3) is 4.00. The number of amides is 1. The van der Waals surface area contributed by atoms with Crippen LogP contribution in [0.4, 0.5) is 10.1 Å². The Morgan fingerprint density at radius 1 is 1.17 bits per heavy atom. The van der Waals surface area contributed by atoms with E-state index in [2.05, 4.69) is 22.1 Å². The zero-order chi connectivity index (χ0) is 21.1. The predicted octanol–water partition coefficient (Wildman–Crippen LogP) is 5.01. The first-order valence-electron chi connectivity index (χ1n) is 9.77.